The lowest BCUT2D eigenvalue weighted by Gasteiger charge is -2.35. The number of rotatable bonds is 2. The fourth-order valence-corrected chi connectivity index (χ4v) is 3.05. The smallest absolute Gasteiger partial charge is 0.216 e. The van der Waals surface area contributed by atoms with Crippen molar-refractivity contribution in [3.8, 4) is 0 Å². The molecule has 2 aliphatic rings. The normalized spacial score (nSPS) is 22.4. The third-order valence-electron chi connectivity index (χ3n) is 4.03. The van der Waals surface area contributed by atoms with E-state index in [1.54, 1.807) is 0 Å². The average Bonchev–Trinajstić information content (AvgIpc) is 2.93. The first kappa shape index (κ1) is 11.7. The van der Waals surface area contributed by atoms with Crippen LogP contribution < -0.4 is 5.73 Å². The van der Waals surface area contributed by atoms with Crippen LogP contribution in [0.25, 0.3) is 0 Å². The molecule has 1 aromatic rings. The average molecular weight is 244 g/mol. The molecule has 0 radical (unpaired) electrons. The molecule has 0 amide bonds. The second kappa shape index (κ2) is 4.73. The summed E-state index contributed by atoms with van der Waals surface area (Å²) >= 11 is 0. The van der Waals surface area contributed by atoms with Crippen molar-refractivity contribution in [1.82, 2.24) is 0 Å². The van der Waals surface area contributed by atoms with E-state index in [9.17, 15) is 0 Å². The molecule has 1 fully saturated rings. The second-order valence-electron chi connectivity index (χ2n) is 5.30. The highest BCUT2D eigenvalue weighted by molar-refractivity contribution is 5.96. The van der Waals surface area contributed by atoms with E-state index in [-0.39, 0.29) is 5.54 Å². The van der Waals surface area contributed by atoms with Crippen LogP contribution in [0.4, 0.5) is 0 Å². The summed E-state index contributed by atoms with van der Waals surface area (Å²) in [5.74, 6) is 0.779. The molecular formula is C15H20N2O. The number of hydrogen-bond acceptors (Lipinski definition) is 3. The first-order chi connectivity index (χ1) is 8.80. The van der Waals surface area contributed by atoms with Crippen LogP contribution in [0.1, 0.15) is 43.2 Å². The molecule has 18 heavy (non-hydrogen) atoms. The van der Waals surface area contributed by atoms with Crippen LogP contribution in [-0.4, -0.2) is 19.0 Å². The number of hydrogen-bond donors (Lipinski definition) is 1. The van der Waals surface area contributed by atoms with Crippen LogP contribution in [0.2, 0.25) is 0 Å². The zero-order chi connectivity index (χ0) is 12.4. The third kappa shape index (κ3) is 2.03. The Hall–Kier alpha value is -1.35. The third-order valence-corrected chi connectivity index (χ3v) is 4.03. The Bertz CT molecular complexity index is 461. The summed E-state index contributed by atoms with van der Waals surface area (Å²) in [6.07, 6.45) is 5.88. The van der Waals surface area contributed by atoms with Crippen LogP contribution in [0.15, 0.2) is 29.3 Å². The molecule has 3 rings (SSSR count). The number of ether oxygens (including phenoxy) is 1. The quantitative estimate of drug-likeness (QED) is 0.869. The number of benzene rings is 1. The van der Waals surface area contributed by atoms with Crippen molar-refractivity contribution < 1.29 is 4.74 Å². The highest BCUT2D eigenvalue weighted by atomic mass is 16.5. The largest absolute Gasteiger partial charge is 0.476 e. The van der Waals surface area contributed by atoms with Crippen LogP contribution in [0.3, 0.4) is 0 Å². The molecule has 1 aromatic carbocycles. The lowest BCUT2D eigenvalue weighted by Crippen LogP contribution is -2.40. The van der Waals surface area contributed by atoms with Gasteiger partial charge in [-0.1, -0.05) is 37.5 Å². The van der Waals surface area contributed by atoms with Crippen molar-refractivity contribution in [3.63, 3.8) is 0 Å². The van der Waals surface area contributed by atoms with Gasteiger partial charge in [0.1, 0.15) is 6.61 Å². The molecule has 0 aromatic heterocycles. The Morgan fingerprint density at radius 2 is 1.89 bits per heavy atom. The second-order valence-corrected chi connectivity index (χ2v) is 5.30. The maximum Gasteiger partial charge on any atom is 0.216 e. The zero-order valence-electron chi connectivity index (χ0n) is 10.7. The Balaban J connectivity index is 2.00. The van der Waals surface area contributed by atoms with Gasteiger partial charge in [0.15, 0.2) is 0 Å². The molecule has 1 saturated carbocycles. The Morgan fingerprint density at radius 1 is 1.11 bits per heavy atom. The van der Waals surface area contributed by atoms with Gasteiger partial charge in [-0.15, -0.1) is 0 Å². The molecular weight excluding hydrogens is 224 g/mol. The molecule has 1 aliphatic carbocycles. The van der Waals surface area contributed by atoms with Gasteiger partial charge in [0.25, 0.3) is 0 Å². The minimum Gasteiger partial charge on any atom is -0.476 e. The van der Waals surface area contributed by atoms with Gasteiger partial charge in [-0.25, -0.2) is 4.99 Å². The van der Waals surface area contributed by atoms with Gasteiger partial charge in [0.2, 0.25) is 5.90 Å². The van der Waals surface area contributed by atoms with Gasteiger partial charge < -0.3 is 10.5 Å². The molecule has 0 bridgehead atoms. The molecule has 0 spiro atoms. The topological polar surface area (TPSA) is 47.6 Å². The summed E-state index contributed by atoms with van der Waals surface area (Å²) in [7, 11) is 0. The van der Waals surface area contributed by atoms with Crippen molar-refractivity contribution in [2.45, 2.75) is 37.6 Å². The fraction of sp³-hybridized carbons (Fsp3) is 0.533. The predicted molar refractivity (Wildman–Crippen MR) is 72.7 cm³/mol. The van der Waals surface area contributed by atoms with Gasteiger partial charge in [-0.05, 0) is 24.5 Å². The molecule has 96 valence electrons. The predicted octanol–water partition coefficient (Wildman–Crippen LogP) is 2.58. The summed E-state index contributed by atoms with van der Waals surface area (Å²) < 4.78 is 5.61. The van der Waals surface area contributed by atoms with Crippen LogP contribution >= 0.6 is 0 Å². The van der Waals surface area contributed by atoms with E-state index in [0.29, 0.717) is 6.61 Å². The van der Waals surface area contributed by atoms with Gasteiger partial charge in [0.05, 0.1) is 6.54 Å². The summed E-state index contributed by atoms with van der Waals surface area (Å²) in [6.45, 7) is 1.46. The SMILES string of the molecule is NC1(c2ccccc2C2=NCCO2)CCCCC1. The van der Waals surface area contributed by atoms with Crippen molar-refractivity contribution in [3.05, 3.63) is 35.4 Å². The van der Waals surface area contributed by atoms with Crippen LogP contribution in [0, 0.1) is 0 Å². The van der Waals surface area contributed by atoms with Crippen molar-refractivity contribution in [1.29, 1.82) is 0 Å². The summed E-state index contributed by atoms with van der Waals surface area (Å²) in [6, 6.07) is 8.33. The lowest BCUT2D eigenvalue weighted by atomic mass is 9.76. The first-order valence-corrected chi connectivity index (χ1v) is 6.86. The van der Waals surface area contributed by atoms with Gasteiger partial charge in [0, 0.05) is 11.1 Å². The molecule has 2 N–H and O–H groups in total. The standard InChI is InChI=1S/C15H20N2O/c16-15(8-4-1-5-9-15)13-7-3-2-6-12(13)14-17-10-11-18-14/h2-3,6-7H,1,4-5,8-11,16H2. The van der Waals surface area contributed by atoms with Crippen LogP contribution in [-0.2, 0) is 10.3 Å². The number of nitrogens with two attached hydrogens (primary N) is 1. The fourth-order valence-electron chi connectivity index (χ4n) is 3.05. The maximum absolute atomic E-state index is 6.64. The molecule has 0 saturated heterocycles. The van der Waals surface area contributed by atoms with E-state index >= 15 is 0 Å². The van der Waals surface area contributed by atoms with Gasteiger partial charge in [-0.3, -0.25) is 0 Å². The maximum atomic E-state index is 6.64. The number of nitrogens with zero attached hydrogens (tertiary/aromatic N) is 1. The minimum atomic E-state index is -0.191. The molecule has 1 aliphatic heterocycles. The van der Waals surface area contributed by atoms with E-state index in [4.69, 9.17) is 10.5 Å². The highest BCUT2D eigenvalue weighted by Crippen LogP contribution is 2.36. The lowest BCUT2D eigenvalue weighted by molar-refractivity contribution is 0.299. The van der Waals surface area contributed by atoms with Gasteiger partial charge in [-0.2, -0.15) is 0 Å². The van der Waals surface area contributed by atoms with Gasteiger partial charge >= 0.3 is 0 Å². The highest BCUT2D eigenvalue weighted by Gasteiger charge is 2.32. The minimum absolute atomic E-state index is 0.191. The Morgan fingerprint density at radius 3 is 2.61 bits per heavy atom. The Kier molecular flexibility index (Phi) is 3.08. The zero-order valence-corrected chi connectivity index (χ0v) is 10.7. The van der Waals surface area contributed by atoms with E-state index in [1.807, 2.05) is 6.07 Å². The Labute approximate surface area is 108 Å². The molecule has 1 heterocycles. The molecule has 3 heteroatoms. The van der Waals surface area contributed by atoms with E-state index in [1.165, 1.54) is 24.8 Å². The number of aliphatic imine (C=N–C) groups is 1. The summed E-state index contributed by atoms with van der Waals surface area (Å²) in [5, 5.41) is 0. The molecule has 3 nitrogen and oxygen atoms in total. The van der Waals surface area contributed by atoms with Crippen molar-refractivity contribution in [2.24, 2.45) is 10.7 Å². The molecule has 0 unspecified atom stereocenters. The van der Waals surface area contributed by atoms with Crippen LogP contribution in [0.5, 0.6) is 0 Å². The molecule has 0 atom stereocenters. The summed E-state index contributed by atoms with van der Waals surface area (Å²) in [4.78, 5) is 4.43. The van der Waals surface area contributed by atoms with Crippen molar-refractivity contribution >= 4 is 5.90 Å². The van der Waals surface area contributed by atoms with E-state index < -0.39 is 0 Å². The van der Waals surface area contributed by atoms with E-state index in [2.05, 4.69) is 23.2 Å². The van der Waals surface area contributed by atoms with E-state index in [0.717, 1.165) is 30.8 Å². The monoisotopic (exact) mass is 244 g/mol. The van der Waals surface area contributed by atoms with Crippen molar-refractivity contribution in [2.75, 3.05) is 13.2 Å². The first-order valence-electron chi connectivity index (χ1n) is 6.86. The summed E-state index contributed by atoms with van der Waals surface area (Å²) in [5.41, 5.74) is 8.76.